The molecule has 0 aromatic rings. The van der Waals surface area contributed by atoms with Crippen molar-refractivity contribution in [2.24, 2.45) is 17.6 Å². The average Bonchev–Trinajstić information content (AvgIpc) is 2.91. The SMILES string of the molecule is NC(CNS(=O)(=O)CC1CC1)C1CC1. The Labute approximate surface area is 85.3 Å². The molecule has 4 nitrogen and oxygen atoms in total. The lowest BCUT2D eigenvalue weighted by Gasteiger charge is -2.11. The van der Waals surface area contributed by atoms with Crippen molar-refractivity contribution >= 4 is 10.0 Å². The Morgan fingerprint density at radius 3 is 2.43 bits per heavy atom. The number of hydrogen-bond acceptors (Lipinski definition) is 3. The van der Waals surface area contributed by atoms with E-state index >= 15 is 0 Å². The fourth-order valence-corrected chi connectivity index (χ4v) is 3.09. The third-order valence-corrected chi connectivity index (χ3v) is 4.44. The van der Waals surface area contributed by atoms with Crippen LogP contribution in [-0.2, 0) is 10.0 Å². The standard InChI is InChI=1S/C9H18N2O2S/c10-9(8-3-4-8)5-11-14(12,13)6-7-1-2-7/h7-9,11H,1-6,10H2. The molecular weight excluding hydrogens is 200 g/mol. The van der Waals surface area contributed by atoms with Crippen molar-refractivity contribution in [3.63, 3.8) is 0 Å². The second-order valence-corrected chi connectivity index (χ2v) is 6.43. The molecule has 0 radical (unpaired) electrons. The van der Waals surface area contributed by atoms with Crippen LogP contribution in [0.15, 0.2) is 0 Å². The van der Waals surface area contributed by atoms with Crippen molar-refractivity contribution in [1.82, 2.24) is 4.72 Å². The minimum absolute atomic E-state index is 0.0176. The first kappa shape index (κ1) is 10.4. The van der Waals surface area contributed by atoms with Crippen LogP contribution in [-0.4, -0.2) is 26.8 Å². The Morgan fingerprint density at radius 1 is 1.29 bits per heavy atom. The summed E-state index contributed by atoms with van der Waals surface area (Å²) in [6.45, 7) is 0.416. The molecule has 3 N–H and O–H groups in total. The summed E-state index contributed by atoms with van der Waals surface area (Å²) in [7, 11) is -3.05. The van der Waals surface area contributed by atoms with Gasteiger partial charge in [-0.25, -0.2) is 13.1 Å². The Kier molecular flexibility index (Phi) is 2.81. The molecule has 0 saturated heterocycles. The zero-order valence-corrected chi connectivity index (χ0v) is 9.09. The van der Waals surface area contributed by atoms with Crippen LogP contribution in [0.5, 0.6) is 0 Å². The van der Waals surface area contributed by atoms with Crippen molar-refractivity contribution in [1.29, 1.82) is 0 Å². The summed E-state index contributed by atoms with van der Waals surface area (Å²) in [5, 5.41) is 0. The van der Waals surface area contributed by atoms with Crippen LogP contribution in [0.4, 0.5) is 0 Å². The molecule has 2 rings (SSSR count). The lowest BCUT2D eigenvalue weighted by Crippen LogP contribution is -2.39. The second kappa shape index (κ2) is 3.79. The molecule has 0 aromatic carbocycles. The molecular formula is C9H18N2O2S. The van der Waals surface area contributed by atoms with E-state index in [1.807, 2.05) is 0 Å². The Hall–Kier alpha value is -0.130. The van der Waals surface area contributed by atoms with Crippen LogP contribution in [0.2, 0.25) is 0 Å². The van der Waals surface area contributed by atoms with E-state index in [0.717, 1.165) is 25.7 Å². The summed E-state index contributed by atoms with van der Waals surface area (Å²) in [5.41, 5.74) is 5.81. The van der Waals surface area contributed by atoms with Crippen molar-refractivity contribution in [3.8, 4) is 0 Å². The molecule has 1 atom stereocenters. The first-order valence-electron chi connectivity index (χ1n) is 5.30. The molecule has 1 unspecified atom stereocenters. The quantitative estimate of drug-likeness (QED) is 0.662. The van der Waals surface area contributed by atoms with Crippen LogP contribution < -0.4 is 10.5 Å². The Balaban J connectivity index is 1.71. The van der Waals surface area contributed by atoms with Crippen LogP contribution in [0.3, 0.4) is 0 Å². The number of hydrogen-bond donors (Lipinski definition) is 2. The average molecular weight is 218 g/mol. The second-order valence-electron chi connectivity index (χ2n) is 4.57. The minimum Gasteiger partial charge on any atom is -0.326 e. The molecule has 2 fully saturated rings. The van der Waals surface area contributed by atoms with E-state index in [1.165, 1.54) is 0 Å². The lowest BCUT2D eigenvalue weighted by molar-refractivity contribution is 0.545. The van der Waals surface area contributed by atoms with E-state index in [1.54, 1.807) is 0 Å². The summed E-state index contributed by atoms with van der Waals surface area (Å²) >= 11 is 0. The molecule has 0 aliphatic heterocycles. The van der Waals surface area contributed by atoms with Gasteiger partial charge in [-0.2, -0.15) is 0 Å². The molecule has 5 heteroatoms. The highest BCUT2D eigenvalue weighted by Crippen LogP contribution is 2.32. The minimum atomic E-state index is -3.05. The van der Waals surface area contributed by atoms with Gasteiger partial charge >= 0.3 is 0 Å². The fraction of sp³-hybridized carbons (Fsp3) is 1.00. The Bertz CT molecular complexity index is 294. The smallest absolute Gasteiger partial charge is 0.211 e. The van der Waals surface area contributed by atoms with Crippen molar-refractivity contribution in [2.75, 3.05) is 12.3 Å². The largest absolute Gasteiger partial charge is 0.326 e. The highest BCUT2D eigenvalue weighted by atomic mass is 32.2. The normalized spacial score (nSPS) is 24.9. The van der Waals surface area contributed by atoms with Gasteiger partial charge in [0.25, 0.3) is 0 Å². The zero-order chi connectivity index (χ0) is 10.2. The van der Waals surface area contributed by atoms with Gasteiger partial charge < -0.3 is 5.73 Å². The van der Waals surface area contributed by atoms with Crippen LogP contribution in [0.25, 0.3) is 0 Å². The molecule has 82 valence electrons. The predicted molar refractivity (Wildman–Crippen MR) is 55.2 cm³/mol. The molecule has 0 aromatic heterocycles. The van der Waals surface area contributed by atoms with E-state index in [2.05, 4.69) is 4.72 Å². The summed E-state index contributed by atoms with van der Waals surface area (Å²) in [6, 6.07) is 0.0176. The van der Waals surface area contributed by atoms with Crippen LogP contribution >= 0.6 is 0 Å². The van der Waals surface area contributed by atoms with E-state index in [-0.39, 0.29) is 6.04 Å². The highest BCUT2D eigenvalue weighted by Gasteiger charge is 2.31. The van der Waals surface area contributed by atoms with Crippen molar-refractivity contribution in [3.05, 3.63) is 0 Å². The molecule has 0 amide bonds. The monoisotopic (exact) mass is 218 g/mol. The number of rotatable bonds is 6. The maximum Gasteiger partial charge on any atom is 0.211 e. The first-order valence-corrected chi connectivity index (χ1v) is 6.95. The van der Waals surface area contributed by atoms with Gasteiger partial charge in [0.05, 0.1) is 5.75 Å². The van der Waals surface area contributed by atoms with Gasteiger partial charge in [-0.15, -0.1) is 0 Å². The predicted octanol–water partition coefficient (Wildman–Crippen LogP) is 0.0531. The molecule has 0 spiro atoms. The molecule has 0 bridgehead atoms. The maximum atomic E-state index is 11.5. The van der Waals surface area contributed by atoms with Crippen molar-refractivity contribution in [2.45, 2.75) is 31.7 Å². The van der Waals surface area contributed by atoms with Gasteiger partial charge in [0.2, 0.25) is 10.0 Å². The van der Waals surface area contributed by atoms with Gasteiger partial charge in [-0.1, -0.05) is 0 Å². The van der Waals surface area contributed by atoms with E-state index < -0.39 is 10.0 Å². The zero-order valence-electron chi connectivity index (χ0n) is 8.28. The van der Waals surface area contributed by atoms with Crippen LogP contribution in [0, 0.1) is 11.8 Å². The lowest BCUT2D eigenvalue weighted by atomic mass is 10.2. The van der Waals surface area contributed by atoms with E-state index in [9.17, 15) is 8.42 Å². The van der Waals surface area contributed by atoms with Crippen molar-refractivity contribution < 1.29 is 8.42 Å². The summed E-state index contributed by atoms with van der Waals surface area (Å²) in [4.78, 5) is 0. The van der Waals surface area contributed by atoms with Gasteiger partial charge in [-0.3, -0.25) is 0 Å². The summed E-state index contributed by atoms with van der Waals surface area (Å²) in [6.07, 6.45) is 4.45. The van der Waals surface area contributed by atoms with E-state index in [0.29, 0.717) is 24.1 Å². The summed E-state index contributed by atoms with van der Waals surface area (Å²) in [5.74, 6) is 1.26. The first-order chi connectivity index (χ1) is 6.57. The molecule has 2 aliphatic carbocycles. The molecule has 14 heavy (non-hydrogen) atoms. The highest BCUT2D eigenvalue weighted by molar-refractivity contribution is 7.89. The van der Waals surface area contributed by atoms with Gasteiger partial charge in [0, 0.05) is 12.6 Å². The van der Waals surface area contributed by atoms with Gasteiger partial charge in [-0.05, 0) is 37.5 Å². The number of nitrogens with one attached hydrogen (secondary N) is 1. The molecule has 2 saturated carbocycles. The number of nitrogens with two attached hydrogens (primary N) is 1. The molecule has 0 heterocycles. The maximum absolute atomic E-state index is 11.5. The third kappa shape index (κ3) is 3.22. The fourth-order valence-electron chi connectivity index (χ4n) is 1.57. The summed E-state index contributed by atoms with van der Waals surface area (Å²) < 4.78 is 25.5. The van der Waals surface area contributed by atoms with Gasteiger partial charge in [0.15, 0.2) is 0 Å². The topological polar surface area (TPSA) is 72.2 Å². The number of sulfonamides is 1. The Morgan fingerprint density at radius 2 is 1.93 bits per heavy atom. The van der Waals surface area contributed by atoms with E-state index in [4.69, 9.17) is 5.73 Å². The van der Waals surface area contributed by atoms with Gasteiger partial charge in [0.1, 0.15) is 0 Å². The molecule has 2 aliphatic rings. The third-order valence-electron chi connectivity index (χ3n) is 2.92. The van der Waals surface area contributed by atoms with Crippen LogP contribution in [0.1, 0.15) is 25.7 Å².